The van der Waals surface area contributed by atoms with Crippen LogP contribution in [0.25, 0.3) is 21.7 Å². The standard InChI is InChI=1S/C27H24F3NO5/c1-15-12-31(13-16(2)34-15)14-21-22(32)10-9-20-23(33)25(26(27(28,29)30)36-24(20)21)35-19-8-7-17-5-3-4-6-18(17)11-19/h3-11,15-16,32H,12-14H2,1-2H3/p+1/t15-,16-/m0/s1. The molecular weight excluding hydrogens is 475 g/mol. The highest BCUT2D eigenvalue weighted by Crippen LogP contribution is 2.40. The van der Waals surface area contributed by atoms with Crippen LogP contribution in [-0.4, -0.2) is 30.4 Å². The number of nitrogens with one attached hydrogen (secondary N) is 1. The number of benzene rings is 3. The first kappa shape index (κ1) is 24.1. The molecule has 3 aromatic carbocycles. The number of hydrogen-bond acceptors (Lipinski definition) is 5. The van der Waals surface area contributed by atoms with E-state index in [2.05, 4.69) is 0 Å². The van der Waals surface area contributed by atoms with Crippen LogP contribution >= 0.6 is 0 Å². The van der Waals surface area contributed by atoms with Crippen molar-refractivity contribution in [3.63, 3.8) is 0 Å². The second kappa shape index (κ2) is 9.15. The summed E-state index contributed by atoms with van der Waals surface area (Å²) in [6.45, 7) is 5.19. The monoisotopic (exact) mass is 500 g/mol. The van der Waals surface area contributed by atoms with Gasteiger partial charge in [-0.1, -0.05) is 30.3 Å². The maximum Gasteiger partial charge on any atom is 0.453 e. The van der Waals surface area contributed by atoms with Crippen molar-refractivity contribution in [1.29, 1.82) is 0 Å². The van der Waals surface area contributed by atoms with Crippen LogP contribution in [0.4, 0.5) is 13.2 Å². The van der Waals surface area contributed by atoms with E-state index < -0.39 is 23.1 Å². The Morgan fingerprint density at radius 3 is 2.42 bits per heavy atom. The lowest BCUT2D eigenvalue weighted by molar-refractivity contribution is -0.928. The zero-order valence-electron chi connectivity index (χ0n) is 19.7. The van der Waals surface area contributed by atoms with Gasteiger partial charge in [-0.3, -0.25) is 4.79 Å². The molecule has 1 fully saturated rings. The van der Waals surface area contributed by atoms with Crippen molar-refractivity contribution in [3.8, 4) is 17.2 Å². The van der Waals surface area contributed by atoms with E-state index in [1.807, 2.05) is 26.0 Å². The molecule has 0 spiro atoms. The lowest BCUT2D eigenvalue weighted by atomic mass is 10.1. The van der Waals surface area contributed by atoms with Gasteiger partial charge in [-0.25, -0.2) is 0 Å². The largest absolute Gasteiger partial charge is 0.507 e. The lowest BCUT2D eigenvalue weighted by Crippen LogP contribution is -3.14. The summed E-state index contributed by atoms with van der Waals surface area (Å²) in [6.07, 6.45) is -5.11. The van der Waals surface area contributed by atoms with Crippen molar-refractivity contribution >= 4 is 21.7 Å². The van der Waals surface area contributed by atoms with Gasteiger partial charge in [0, 0.05) is 0 Å². The van der Waals surface area contributed by atoms with E-state index in [0.717, 1.165) is 15.7 Å². The molecule has 188 valence electrons. The van der Waals surface area contributed by atoms with E-state index in [4.69, 9.17) is 13.9 Å². The molecule has 1 aliphatic heterocycles. The Morgan fingerprint density at radius 2 is 1.72 bits per heavy atom. The van der Waals surface area contributed by atoms with Crippen LogP contribution in [-0.2, 0) is 17.5 Å². The van der Waals surface area contributed by atoms with Crippen molar-refractivity contribution in [3.05, 3.63) is 76.1 Å². The number of hydrogen-bond donors (Lipinski definition) is 2. The second-order valence-electron chi connectivity index (χ2n) is 9.23. The third-order valence-electron chi connectivity index (χ3n) is 6.34. The zero-order chi connectivity index (χ0) is 25.6. The molecule has 2 N–H and O–H groups in total. The summed E-state index contributed by atoms with van der Waals surface area (Å²) in [6, 6.07) is 14.6. The smallest absolute Gasteiger partial charge is 0.453 e. The molecule has 1 aliphatic rings. The van der Waals surface area contributed by atoms with Gasteiger partial charge in [-0.2, -0.15) is 13.2 Å². The van der Waals surface area contributed by atoms with Gasteiger partial charge in [0.05, 0.1) is 10.9 Å². The summed E-state index contributed by atoms with van der Waals surface area (Å²) in [5.41, 5.74) is -1.11. The Kier molecular flexibility index (Phi) is 6.13. The Labute approximate surface area is 204 Å². The summed E-state index contributed by atoms with van der Waals surface area (Å²) in [4.78, 5) is 14.3. The van der Waals surface area contributed by atoms with Gasteiger partial charge in [-0.05, 0) is 48.9 Å². The predicted octanol–water partition coefficient (Wildman–Crippen LogP) is 4.66. The molecule has 5 rings (SSSR count). The van der Waals surface area contributed by atoms with E-state index in [1.54, 1.807) is 24.3 Å². The fourth-order valence-corrected chi connectivity index (χ4v) is 4.87. The maximum atomic E-state index is 14.1. The molecule has 0 amide bonds. The summed E-state index contributed by atoms with van der Waals surface area (Å²) in [7, 11) is 0. The van der Waals surface area contributed by atoms with E-state index in [9.17, 15) is 23.1 Å². The molecule has 1 saturated heterocycles. The van der Waals surface area contributed by atoms with Gasteiger partial charge in [0.1, 0.15) is 43.3 Å². The summed E-state index contributed by atoms with van der Waals surface area (Å²) in [5, 5.41) is 12.1. The quantitative estimate of drug-likeness (QED) is 0.427. The third-order valence-corrected chi connectivity index (χ3v) is 6.34. The van der Waals surface area contributed by atoms with Crippen molar-refractivity contribution in [1.82, 2.24) is 0 Å². The van der Waals surface area contributed by atoms with Crippen LogP contribution < -0.4 is 15.1 Å². The molecule has 0 aliphatic carbocycles. The van der Waals surface area contributed by atoms with E-state index in [0.29, 0.717) is 13.1 Å². The molecule has 0 radical (unpaired) electrons. The molecule has 2 heterocycles. The molecule has 1 aromatic heterocycles. The number of quaternary nitrogens is 1. The van der Waals surface area contributed by atoms with Crippen molar-refractivity contribution in [2.24, 2.45) is 0 Å². The van der Waals surface area contributed by atoms with E-state index in [1.165, 1.54) is 18.2 Å². The summed E-state index contributed by atoms with van der Waals surface area (Å²) in [5.74, 6) is -2.64. The Hall–Kier alpha value is -3.56. The fourth-order valence-electron chi connectivity index (χ4n) is 4.87. The molecule has 6 nitrogen and oxygen atoms in total. The van der Waals surface area contributed by atoms with Crippen molar-refractivity contribution in [2.75, 3.05) is 13.1 Å². The average molecular weight is 500 g/mol. The van der Waals surface area contributed by atoms with Crippen LogP contribution in [0, 0.1) is 0 Å². The molecule has 36 heavy (non-hydrogen) atoms. The van der Waals surface area contributed by atoms with Crippen LogP contribution in [0.3, 0.4) is 0 Å². The maximum absolute atomic E-state index is 14.1. The van der Waals surface area contributed by atoms with Gasteiger partial charge < -0.3 is 23.9 Å². The normalized spacial score (nSPS) is 20.6. The van der Waals surface area contributed by atoms with Gasteiger partial charge in [0.15, 0.2) is 5.58 Å². The number of aromatic hydroxyl groups is 1. The second-order valence-corrected chi connectivity index (χ2v) is 9.23. The number of ether oxygens (including phenoxy) is 2. The molecule has 2 atom stereocenters. The minimum Gasteiger partial charge on any atom is -0.507 e. The minimum atomic E-state index is -5.00. The summed E-state index contributed by atoms with van der Waals surface area (Å²) >= 11 is 0. The highest BCUT2D eigenvalue weighted by molar-refractivity contribution is 5.85. The first-order chi connectivity index (χ1) is 17.1. The lowest BCUT2D eigenvalue weighted by Gasteiger charge is -2.32. The topological polar surface area (TPSA) is 73.3 Å². The first-order valence-corrected chi connectivity index (χ1v) is 11.6. The predicted molar refractivity (Wildman–Crippen MR) is 128 cm³/mol. The number of phenolic OH excluding ortho intramolecular Hbond substituents is 1. The van der Waals surface area contributed by atoms with Gasteiger partial charge in [0.25, 0.3) is 5.76 Å². The first-order valence-electron chi connectivity index (χ1n) is 11.6. The van der Waals surface area contributed by atoms with E-state index in [-0.39, 0.29) is 46.8 Å². The molecular formula is C27H25F3NO5+. The fraction of sp³-hybridized carbons (Fsp3) is 0.296. The number of rotatable bonds is 4. The van der Waals surface area contributed by atoms with Crippen LogP contribution in [0.15, 0.2) is 63.8 Å². The number of halogens is 3. The number of alkyl halides is 3. The summed E-state index contributed by atoms with van der Waals surface area (Å²) < 4.78 is 58.9. The Morgan fingerprint density at radius 1 is 1.03 bits per heavy atom. The van der Waals surface area contributed by atoms with Gasteiger partial charge in [-0.15, -0.1) is 0 Å². The number of phenols is 1. The van der Waals surface area contributed by atoms with Crippen molar-refractivity contribution < 1.29 is 37.1 Å². The SMILES string of the molecule is C[C@H]1C[NH+](Cc2c(O)ccc3c(=O)c(Oc4ccc5ccccc5c4)c(C(F)(F)F)oc23)C[C@H](C)O1. The highest BCUT2D eigenvalue weighted by atomic mass is 19.4. The highest BCUT2D eigenvalue weighted by Gasteiger charge is 2.41. The Balaban J connectivity index is 1.62. The molecule has 9 heteroatoms. The van der Waals surface area contributed by atoms with Gasteiger partial charge in [0.2, 0.25) is 11.2 Å². The third kappa shape index (κ3) is 4.64. The van der Waals surface area contributed by atoms with E-state index >= 15 is 0 Å². The average Bonchev–Trinajstić information content (AvgIpc) is 2.81. The molecule has 0 unspecified atom stereocenters. The van der Waals surface area contributed by atoms with Gasteiger partial charge >= 0.3 is 6.18 Å². The number of morpholine rings is 1. The van der Waals surface area contributed by atoms with Crippen LogP contribution in [0.1, 0.15) is 25.2 Å². The number of fused-ring (bicyclic) bond motifs is 2. The minimum absolute atomic E-state index is 0.0550. The Bertz CT molecular complexity index is 1490. The molecule has 0 saturated carbocycles. The molecule has 0 bridgehead atoms. The van der Waals surface area contributed by atoms with Crippen LogP contribution in [0.2, 0.25) is 0 Å². The molecule has 4 aromatic rings. The van der Waals surface area contributed by atoms with Crippen molar-refractivity contribution in [2.45, 2.75) is 38.8 Å². The van der Waals surface area contributed by atoms with Crippen LogP contribution in [0.5, 0.6) is 17.2 Å². The zero-order valence-corrected chi connectivity index (χ0v) is 19.7.